The van der Waals surface area contributed by atoms with Crippen LogP contribution in [0.25, 0.3) is 0 Å². The van der Waals surface area contributed by atoms with Crippen LogP contribution in [0.4, 0.5) is 5.69 Å². The molecule has 0 bridgehead atoms. The van der Waals surface area contributed by atoms with Crippen molar-refractivity contribution in [1.29, 1.82) is 0 Å². The second-order valence-corrected chi connectivity index (χ2v) is 5.35. The van der Waals surface area contributed by atoms with Gasteiger partial charge in [0.15, 0.2) is 0 Å². The largest absolute Gasteiger partial charge is 0.385 e. The molecule has 0 saturated heterocycles. The monoisotopic (exact) mass is 285 g/mol. The zero-order chi connectivity index (χ0) is 13.1. The number of halogens is 1. The number of ether oxygens (including phenoxy) is 1. The molecule has 1 aromatic carbocycles. The molecule has 0 aliphatic carbocycles. The first-order valence-electron chi connectivity index (χ1n) is 5.44. The molecule has 0 radical (unpaired) electrons. The van der Waals surface area contributed by atoms with Gasteiger partial charge >= 0.3 is 0 Å². The highest BCUT2D eigenvalue weighted by Crippen LogP contribution is 2.35. The van der Waals surface area contributed by atoms with Gasteiger partial charge in [-0.1, -0.05) is 11.6 Å². The lowest BCUT2D eigenvalue weighted by Gasteiger charge is -2.06. The number of thioether (sulfide) groups is 1. The fourth-order valence-corrected chi connectivity index (χ4v) is 2.85. The van der Waals surface area contributed by atoms with Crippen LogP contribution in [0.3, 0.4) is 0 Å². The highest BCUT2D eigenvalue weighted by atomic mass is 35.5. The second-order valence-electron chi connectivity index (χ2n) is 3.81. The van der Waals surface area contributed by atoms with Crippen molar-refractivity contribution in [3.8, 4) is 0 Å². The molecule has 0 saturated carbocycles. The van der Waals surface area contributed by atoms with Crippen molar-refractivity contribution in [3.63, 3.8) is 0 Å². The lowest BCUT2D eigenvalue weighted by atomic mass is 10.1. The van der Waals surface area contributed by atoms with E-state index in [0.717, 1.165) is 17.1 Å². The number of carbonyl (C=O) groups is 2. The maximum atomic E-state index is 11.5. The standard InChI is InChI=1S/C12H12ClNO3S/c1-17-3-2-4-18-10-6-9-7(5-8(10)13)11(15)12(16)14-9/h5-6H,2-4H2,1H3,(H,14,15,16). The molecule has 2 rings (SSSR count). The summed E-state index contributed by atoms with van der Waals surface area (Å²) in [6.07, 6.45) is 0.917. The molecule has 0 atom stereocenters. The van der Waals surface area contributed by atoms with Crippen LogP contribution < -0.4 is 5.32 Å². The third kappa shape index (κ3) is 2.68. The van der Waals surface area contributed by atoms with Crippen LogP contribution in [0.5, 0.6) is 0 Å². The van der Waals surface area contributed by atoms with E-state index in [1.807, 2.05) is 0 Å². The molecule has 1 amide bonds. The Morgan fingerprint density at radius 2 is 2.17 bits per heavy atom. The van der Waals surface area contributed by atoms with E-state index < -0.39 is 11.7 Å². The highest BCUT2D eigenvalue weighted by molar-refractivity contribution is 7.99. The van der Waals surface area contributed by atoms with Gasteiger partial charge in [0.2, 0.25) is 0 Å². The first kappa shape index (κ1) is 13.4. The molecule has 0 unspecified atom stereocenters. The Balaban J connectivity index is 2.12. The smallest absolute Gasteiger partial charge is 0.296 e. The Morgan fingerprint density at radius 3 is 2.89 bits per heavy atom. The molecule has 1 aromatic rings. The van der Waals surface area contributed by atoms with Gasteiger partial charge in [-0.25, -0.2) is 0 Å². The molecule has 18 heavy (non-hydrogen) atoms. The first-order chi connectivity index (χ1) is 8.63. The Bertz CT molecular complexity index is 504. The van der Waals surface area contributed by atoms with E-state index in [4.69, 9.17) is 16.3 Å². The molecular weight excluding hydrogens is 274 g/mol. The van der Waals surface area contributed by atoms with Crippen molar-refractivity contribution >= 4 is 40.7 Å². The maximum Gasteiger partial charge on any atom is 0.296 e. The maximum absolute atomic E-state index is 11.5. The number of hydrogen-bond donors (Lipinski definition) is 1. The number of amides is 1. The molecule has 6 heteroatoms. The quantitative estimate of drug-likeness (QED) is 0.513. The molecule has 96 valence electrons. The van der Waals surface area contributed by atoms with Gasteiger partial charge in [-0.05, 0) is 18.6 Å². The number of benzene rings is 1. The molecule has 1 aliphatic heterocycles. The predicted octanol–water partition coefficient (Wildman–Crippen LogP) is 2.60. The van der Waals surface area contributed by atoms with Gasteiger partial charge in [-0.15, -0.1) is 11.8 Å². The summed E-state index contributed by atoms with van der Waals surface area (Å²) in [6.45, 7) is 0.699. The summed E-state index contributed by atoms with van der Waals surface area (Å²) in [5.41, 5.74) is 0.898. The van der Waals surface area contributed by atoms with Crippen LogP contribution in [-0.2, 0) is 9.53 Å². The Morgan fingerprint density at radius 1 is 1.39 bits per heavy atom. The van der Waals surface area contributed by atoms with Crippen molar-refractivity contribution < 1.29 is 14.3 Å². The van der Waals surface area contributed by atoms with Crippen LogP contribution in [-0.4, -0.2) is 31.2 Å². The van der Waals surface area contributed by atoms with Crippen molar-refractivity contribution in [2.75, 3.05) is 24.8 Å². The first-order valence-corrected chi connectivity index (χ1v) is 6.81. The second kappa shape index (κ2) is 5.73. The van der Waals surface area contributed by atoms with Crippen molar-refractivity contribution in [2.45, 2.75) is 11.3 Å². The van der Waals surface area contributed by atoms with E-state index in [-0.39, 0.29) is 0 Å². The van der Waals surface area contributed by atoms with Crippen molar-refractivity contribution in [3.05, 3.63) is 22.7 Å². The Hall–Kier alpha value is -1.04. The third-order valence-electron chi connectivity index (χ3n) is 2.52. The molecule has 1 heterocycles. The summed E-state index contributed by atoms with van der Waals surface area (Å²) in [6, 6.07) is 3.30. The van der Waals surface area contributed by atoms with Crippen LogP contribution in [0.2, 0.25) is 5.02 Å². The van der Waals surface area contributed by atoms with E-state index in [0.29, 0.717) is 22.9 Å². The zero-order valence-electron chi connectivity index (χ0n) is 9.79. The van der Waals surface area contributed by atoms with Crippen molar-refractivity contribution in [2.24, 2.45) is 0 Å². The lowest BCUT2D eigenvalue weighted by molar-refractivity contribution is -0.112. The number of rotatable bonds is 5. The van der Waals surface area contributed by atoms with E-state index in [1.165, 1.54) is 0 Å². The van der Waals surface area contributed by atoms with Gasteiger partial charge in [-0.2, -0.15) is 0 Å². The SMILES string of the molecule is COCCCSc1cc2c(cc1Cl)C(=O)C(=O)N2. The van der Waals surface area contributed by atoms with Crippen molar-refractivity contribution in [1.82, 2.24) is 0 Å². The number of anilines is 1. The molecule has 0 aromatic heterocycles. The van der Waals surface area contributed by atoms with Crippen LogP contribution >= 0.6 is 23.4 Å². The summed E-state index contributed by atoms with van der Waals surface area (Å²) in [7, 11) is 1.66. The van der Waals surface area contributed by atoms with Gasteiger partial charge in [-0.3, -0.25) is 9.59 Å². The number of nitrogens with one attached hydrogen (secondary N) is 1. The summed E-state index contributed by atoms with van der Waals surface area (Å²) in [5, 5.41) is 3.03. The van der Waals surface area contributed by atoms with Gasteiger partial charge in [0.25, 0.3) is 11.7 Å². The topological polar surface area (TPSA) is 55.4 Å². The number of fused-ring (bicyclic) bond motifs is 1. The highest BCUT2D eigenvalue weighted by Gasteiger charge is 2.28. The lowest BCUT2D eigenvalue weighted by Crippen LogP contribution is -2.12. The average Bonchev–Trinajstić information content (AvgIpc) is 2.61. The predicted molar refractivity (Wildman–Crippen MR) is 71.6 cm³/mol. The van der Waals surface area contributed by atoms with Gasteiger partial charge in [0, 0.05) is 24.4 Å². The fourth-order valence-electron chi connectivity index (χ4n) is 1.64. The van der Waals surface area contributed by atoms with E-state index in [1.54, 1.807) is 31.0 Å². The molecule has 1 aliphatic rings. The van der Waals surface area contributed by atoms with Crippen LogP contribution in [0, 0.1) is 0 Å². The summed E-state index contributed by atoms with van der Waals surface area (Å²) in [4.78, 5) is 23.6. The molecule has 0 fully saturated rings. The summed E-state index contributed by atoms with van der Waals surface area (Å²) in [5.74, 6) is -0.251. The van der Waals surface area contributed by atoms with E-state index >= 15 is 0 Å². The Kier molecular flexibility index (Phi) is 4.27. The number of hydrogen-bond acceptors (Lipinski definition) is 4. The van der Waals surface area contributed by atoms with Crippen LogP contribution in [0.1, 0.15) is 16.8 Å². The normalized spacial score (nSPS) is 13.7. The molecule has 0 spiro atoms. The minimum absolute atomic E-state index is 0.353. The number of Topliss-reactive ketones (excluding diaryl/α,β-unsaturated/α-hetero) is 1. The zero-order valence-corrected chi connectivity index (χ0v) is 11.4. The molecule has 4 nitrogen and oxygen atoms in total. The summed E-state index contributed by atoms with van der Waals surface area (Å²) >= 11 is 7.67. The third-order valence-corrected chi connectivity index (χ3v) is 4.09. The van der Waals surface area contributed by atoms with E-state index in [2.05, 4.69) is 5.32 Å². The van der Waals surface area contributed by atoms with E-state index in [9.17, 15) is 9.59 Å². The van der Waals surface area contributed by atoms with Gasteiger partial charge < -0.3 is 10.1 Å². The Labute approximate surface area is 114 Å². The minimum atomic E-state index is -0.595. The van der Waals surface area contributed by atoms with Gasteiger partial charge in [0.05, 0.1) is 16.3 Å². The number of methoxy groups -OCH3 is 1. The fraction of sp³-hybridized carbons (Fsp3) is 0.333. The average molecular weight is 286 g/mol. The van der Waals surface area contributed by atoms with Crippen LogP contribution in [0.15, 0.2) is 17.0 Å². The summed E-state index contributed by atoms with van der Waals surface area (Å²) < 4.78 is 4.96. The number of carbonyl (C=O) groups excluding carboxylic acids is 2. The molecular formula is C12H12ClNO3S. The molecule has 1 N–H and O–H groups in total. The minimum Gasteiger partial charge on any atom is -0.385 e. The van der Waals surface area contributed by atoms with Gasteiger partial charge in [0.1, 0.15) is 0 Å². The number of ketones is 1.